The van der Waals surface area contributed by atoms with E-state index in [1.165, 1.54) is 186 Å². The van der Waals surface area contributed by atoms with Crippen LogP contribution in [0.15, 0.2) is 97.2 Å². The Bertz CT molecular complexity index is 2300. The third-order valence-corrected chi connectivity index (χ3v) is 20.2. The summed E-state index contributed by atoms with van der Waals surface area (Å²) in [4.78, 5) is 58.7. The van der Waals surface area contributed by atoms with E-state index >= 15 is 0 Å². The van der Waals surface area contributed by atoms with E-state index in [0.29, 0.717) is 19.3 Å². The summed E-state index contributed by atoms with van der Waals surface area (Å²) in [5.41, 5.74) is 0. The van der Waals surface area contributed by atoms with Crippen LogP contribution in [0.2, 0.25) is 0 Å². The van der Waals surface area contributed by atoms with Crippen molar-refractivity contribution < 1.29 is 75.8 Å². The Morgan fingerprint density at radius 3 is 0.781 bits per heavy atom. The summed E-state index contributed by atoms with van der Waals surface area (Å²) in [6.45, 7) is 2.65. The van der Waals surface area contributed by atoms with Crippen molar-refractivity contribution in [3.8, 4) is 0 Å². The number of carbonyl (C=O) groups excluding carboxylic acids is 3. The van der Waals surface area contributed by atoms with Crippen molar-refractivity contribution in [3.05, 3.63) is 97.2 Å². The normalized spacial score (nSPS) is 14.4. The highest BCUT2D eigenvalue weighted by atomic mass is 31.2. The Morgan fingerprint density at radius 2 is 0.476 bits per heavy atom. The van der Waals surface area contributed by atoms with Gasteiger partial charge in [0.25, 0.3) is 0 Å². The topological polar surface area (TPSA) is 231 Å². The first-order valence-corrected chi connectivity index (χ1v) is 45.5. The van der Waals surface area contributed by atoms with Gasteiger partial charge in [0.05, 0.1) is 26.4 Å². The number of ether oxygens (including phenoxy) is 3. The Hall–Kier alpha value is -3.53. The van der Waals surface area contributed by atoms with Crippen LogP contribution in [0.3, 0.4) is 0 Å². The first-order valence-electron chi connectivity index (χ1n) is 42.5. The van der Waals surface area contributed by atoms with Crippen LogP contribution in [0, 0.1) is 0 Å². The Balaban J connectivity index is 4.39. The van der Waals surface area contributed by atoms with E-state index in [9.17, 15) is 43.5 Å². The summed E-state index contributed by atoms with van der Waals surface area (Å²) in [5.74, 6) is -1.58. The van der Waals surface area contributed by atoms with Crippen molar-refractivity contribution in [1.82, 2.24) is 0 Å². The van der Waals surface area contributed by atoms with Gasteiger partial charge in [0.15, 0.2) is 6.10 Å². The second-order valence-corrected chi connectivity index (χ2v) is 31.5. The Kier molecular flexibility index (Phi) is 77.3. The molecule has 0 rings (SSSR count). The minimum atomic E-state index is -4.93. The maximum atomic E-state index is 13.0. The summed E-state index contributed by atoms with van der Waals surface area (Å²) in [7, 11) is -9.79. The molecule has 5 atom stereocenters. The molecule has 0 radical (unpaired) electrons. The maximum Gasteiger partial charge on any atom is 0.472 e. The average Bonchev–Trinajstić information content (AvgIpc) is 0.942. The number of phosphoric ester groups is 2. The number of hydrogen-bond acceptors (Lipinski definition) is 14. The molecule has 0 saturated heterocycles. The van der Waals surface area contributed by atoms with Crippen LogP contribution in [0.1, 0.15) is 380 Å². The van der Waals surface area contributed by atoms with Crippen LogP contribution in [0.25, 0.3) is 0 Å². The van der Waals surface area contributed by atoms with E-state index in [0.717, 1.165) is 135 Å². The molecule has 610 valence electrons. The second-order valence-electron chi connectivity index (χ2n) is 28.6. The lowest BCUT2D eigenvalue weighted by Crippen LogP contribution is -2.30. The Morgan fingerprint density at radius 1 is 0.267 bits per heavy atom. The number of hydrogen-bond donors (Lipinski definition) is 4. The molecule has 0 spiro atoms. The van der Waals surface area contributed by atoms with Gasteiger partial charge in [-0.2, -0.15) is 0 Å². The third kappa shape index (κ3) is 81.3. The molecular weight excluding hydrogens is 1360 g/mol. The quantitative estimate of drug-likeness (QED) is 0.0146. The van der Waals surface area contributed by atoms with E-state index < -0.39 is 91.5 Å². The Labute approximate surface area is 641 Å². The predicted molar refractivity (Wildman–Crippen MR) is 436 cm³/mol. The van der Waals surface area contributed by atoms with Gasteiger partial charge < -0.3 is 34.2 Å². The fraction of sp³-hybridized carbons (Fsp3) is 0.782. The van der Waals surface area contributed by atoms with Gasteiger partial charge in [-0.15, -0.1) is 0 Å². The number of phosphoric acid groups is 2. The minimum Gasteiger partial charge on any atom is -0.463 e. The number of aliphatic hydroxyl groups excluding tert-OH is 2. The number of rotatable bonds is 81. The number of unbranched alkanes of at least 4 members (excludes halogenated alkanes) is 42. The van der Waals surface area contributed by atoms with Crippen molar-refractivity contribution in [1.29, 1.82) is 0 Å². The highest BCUT2D eigenvalue weighted by Crippen LogP contribution is 2.45. The largest absolute Gasteiger partial charge is 0.472 e. The van der Waals surface area contributed by atoms with Gasteiger partial charge in [-0.25, -0.2) is 9.13 Å². The molecule has 0 heterocycles. The first kappa shape index (κ1) is 101. The molecule has 4 N–H and O–H groups in total. The van der Waals surface area contributed by atoms with Gasteiger partial charge in [-0.05, 0) is 128 Å². The SMILES string of the molecule is CCCCC/C=C\C/C=C\C/C=C\C/C=C\CCCCCCCCCCCCCCCCCCCCCC(=O)OCC(O)COP(=O)(O)OCC(O)COP(=O)(O)OCC(COC(=O)CCCCCCCC/C=C\C/C=C\C/C=C\CCCCC)OC(=O)CCCCCCC/C=C\CCCCCCCC. The molecule has 0 bridgehead atoms. The van der Waals surface area contributed by atoms with Gasteiger partial charge in [-0.3, -0.25) is 32.5 Å². The van der Waals surface area contributed by atoms with Gasteiger partial charge in [0.2, 0.25) is 0 Å². The van der Waals surface area contributed by atoms with Gasteiger partial charge >= 0.3 is 33.6 Å². The molecular formula is C87H156O16P2. The molecule has 105 heavy (non-hydrogen) atoms. The number of allylic oxidation sites excluding steroid dienone is 16. The molecule has 0 aliphatic heterocycles. The molecule has 0 aliphatic rings. The minimum absolute atomic E-state index is 0.0931. The molecule has 0 aromatic carbocycles. The molecule has 5 unspecified atom stereocenters. The number of esters is 3. The fourth-order valence-electron chi connectivity index (χ4n) is 11.7. The molecule has 0 saturated carbocycles. The van der Waals surface area contributed by atoms with E-state index in [1.807, 2.05) is 0 Å². The number of aliphatic hydroxyl groups is 2. The van der Waals surface area contributed by atoms with Gasteiger partial charge in [-0.1, -0.05) is 330 Å². The van der Waals surface area contributed by atoms with Crippen LogP contribution in [0.4, 0.5) is 0 Å². The molecule has 16 nitrogen and oxygen atoms in total. The average molecular weight is 1520 g/mol. The van der Waals surface area contributed by atoms with Gasteiger partial charge in [0, 0.05) is 19.3 Å². The molecule has 0 aromatic heterocycles. The lowest BCUT2D eigenvalue weighted by Gasteiger charge is -2.21. The summed E-state index contributed by atoms with van der Waals surface area (Å²) >= 11 is 0. The van der Waals surface area contributed by atoms with Crippen molar-refractivity contribution in [2.45, 2.75) is 399 Å². The van der Waals surface area contributed by atoms with Crippen LogP contribution >= 0.6 is 15.6 Å². The van der Waals surface area contributed by atoms with E-state index in [2.05, 4.69) is 118 Å². The standard InChI is InChI=1S/C87H156O16P2/c1-4-7-10-13-16-19-22-25-28-30-32-33-34-35-36-37-38-39-40-41-42-43-44-45-46-47-49-51-53-55-58-61-64-67-70-73-85(90)97-76-82(88)77-99-104(93,94)100-78-83(89)79-101-105(95,96)102-81-84(103-87(92)75-72-69-66-63-60-57-52-27-24-21-18-15-12-9-6-3)80-98-86(91)74-71-68-65-62-59-56-54-50-48-31-29-26-23-20-17-14-11-8-5-2/h16-17,19-20,25-29,32-33,35-36,48,50,52,82-84,88-89H,4-15,18,21-24,30-31,34,37-47,49,51,53-81H2,1-3H3,(H,93,94)(H,95,96)/b19-16-,20-17-,28-25-,29-26-,33-32-,36-35-,50-48-,52-27-. The molecule has 18 heteroatoms. The molecule has 0 aliphatic carbocycles. The lowest BCUT2D eigenvalue weighted by atomic mass is 10.0. The zero-order valence-corrected chi connectivity index (χ0v) is 68.7. The smallest absolute Gasteiger partial charge is 0.463 e. The zero-order chi connectivity index (χ0) is 76.6. The lowest BCUT2D eigenvalue weighted by molar-refractivity contribution is -0.161. The van der Waals surface area contributed by atoms with Crippen molar-refractivity contribution in [2.75, 3.05) is 39.6 Å². The highest BCUT2D eigenvalue weighted by molar-refractivity contribution is 7.47. The summed E-state index contributed by atoms with van der Waals surface area (Å²) in [5, 5.41) is 20.7. The van der Waals surface area contributed by atoms with E-state index in [1.54, 1.807) is 0 Å². The predicted octanol–water partition coefficient (Wildman–Crippen LogP) is 25.3. The third-order valence-electron chi connectivity index (χ3n) is 18.3. The first-order chi connectivity index (χ1) is 51.2. The summed E-state index contributed by atoms with van der Waals surface area (Å²) < 4.78 is 61.2. The van der Waals surface area contributed by atoms with Crippen LogP contribution in [0.5, 0.6) is 0 Å². The van der Waals surface area contributed by atoms with Crippen LogP contribution in [-0.2, 0) is 55.8 Å². The van der Waals surface area contributed by atoms with Crippen LogP contribution in [-0.4, -0.2) is 95.9 Å². The molecule has 0 amide bonds. The summed E-state index contributed by atoms with van der Waals surface area (Å²) in [6, 6.07) is 0. The zero-order valence-electron chi connectivity index (χ0n) is 66.9. The van der Waals surface area contributed by atoms with E-state index in [4.69, 9.17) is 32.3 Å². The van der Waals surface area contributed by atoms with Gasteiger partial charge in [0.1, 0.15) is 25.4 Å². The van der Waals surface area contributed by atoms with Crippen molar-refractivity contribution >= 4 is 33.6 Å². The van der Waals surface area contributed by atoms with Crippen molar-refractivity contribution in [2.24, 2.45) is 0 Å². The second kappa shape index (κ2) is 80.0. The van der Waals surface area contributed by atoms with Crippen molar-refractivity contribution in [3.63, 3.8) is 0 Å². The molecule has 0 aromatic rings. The van der Waals surface area contributed by atoms with E-state index in [-0.39, 0.29) is 19.3 Å². The fourth-order valence-corrected chi connectivity index (χ4v) is 13.3. The highest BCUT2D eigenvalue weighted by Gasteiger charge is 2.29. The van der Waals surface area contributed by atoms with Crippen LogP contribution < -0.4 is 0 Å². The summed E-state index contributed by atoms with van der Waals surface area (Å²) in [6.07, 6.45) is 93.3. The monoisotopic (exact) mass is 1520 g/mol. The maximum absolute atomic E-state index is 13.0. The molecule has 0 fully saturated rings. The number of carbonyl (C=O) groups is 3.